The number of benzene rings is 1. The van der Waals surface area contributed by atoms with Crippen LogP contribution in [0.5, 0.6) is 0 Å². The molecule has 0 spiro atoms. The second kappa shape index (κ2) is 3.68. The number of rotatable bonds is 2. The topological polar surface area (TPSA) is 67.3 Å². The molecule has 3 N–H and O–H groups in total. The Hall–Kier alpha value is -1.75. The van der Waals surface area contributed by atoms with Crippen molar-refractivity contribution in [1.29, 1.82) is 0 Å². The number of anilines is 1. The van der Waals surface area contributed by atoms with Gasteiger partial charge in [-0.2, -0.15) is 0 Å². The molecule has 0 saturated heterocycles. The van der Waals surface area contributed by atoms with Gasteiger partial charge in [-0.3, -0.25) is 0 Å². The molecule has 0 amide bonds. The van der Waals surface area contributed by atoms with Crippen molar-refractivity contribution in [2.24, 2.45) is 0 Å². The van der Waals surface area contributed by atoms with Crippen molar-refractivity contribution < 1.29 is 5.11 Å². The van der Waals surface area contributed by atoms with E-state index in [2.05, 4.69) is 4.98 Å². The van der Waals surface area contributed by atoms with E-state index in [0.717, 1.165) is 11.0 Å². The Kier molecular flexibility index (Phi) is 2.47. The molecule has 0 fully saturated rings. The fourth-order valence-corrected chi connectivity index (χ4v) is 1.79. The van der Waals surface area contributed by atoms with Crippen LogP contribution in [0.3, 0.4) is 0 Å². The molecule has 5 heteroatoms. The van der Waals surface area contributed by atoms with Gasteiger partial charge in [0.05, 0.1) is 11.0 Å². The smallest absolute Gasteiger partial charge is 0.157 e. The normalized spacial score (nSPS) is 13.0. The van der Waals surface area contributed by atoms with Crippen LogP contribution in [-0.4, -0.2) is 28.9 Å². The SMILES string of the molecule is CC(O)c1nc2cc(N)ccc2n1N(C)C. The summed E-state index contributed by atoms with van der Waals surface area (Å²) in [6.45, 7) is 1.70. The molecule has 5 nitrogen and oxygen atoms in total. The Morgan fingerprint density at radius 3 is 2.69 bits per heavy atom. The number of nitrogen functional groups attached to an aromatic ring is 1. The Balaban J connectivity index is 2.75. The summed E-state index contributed by atoms with van der Waals surface area (Å²) in [7, 11) is 3.81. The van der Waals surface area contributed by atoms with Gasteiger partial charge in [0.2, 0.25) is 0 Å². The first-order valence-electron chi connectivity index (χ1n) is 5.14. The summed E-state index contributed by atoms with van der Waals surface area (Å²) in [6.07, 6.45) is -0.615. The van der Waals surface area contributed by atoms with E-state index >= 15 is 0 Å². The number of aliphatic hydroxyl groups is 1. The van der Waals surface area contributed by atoms with Gasteiger partial charge in [0.15, 0.2) is 5.82 Å². The molecule has 1 aromatic heterocycles. The number of aromatic nitrogens is 2. The number of hydrogen-bond acceptors (Lipinski definition) is 4. The van der Waals surface area contributed by atoms with E-state index in [1.165, 1.54) is 0 Å². The van der Waals surface area contributed by atoms with Gasteiger partial charge in [0.1, 0.15) is 6.10 Å². The van der Waals surface area contributed by atoms with Crippen LogP contribution in [0.25, 0.3) is 11.0 Å². The lowest BCUT2D eigenvalue weighted by atomic mass is 10.3. The predicted molar refractivity (Wildman–Crippen MR) is 64.8 cm³/mol. The number of nitrogens with zero attached hydrogens (tertiary/aromatic N) is 3. The number of imidazole rings is 1. The summed E-state index contributed by atoms with van der Waals surface area (Å²) in [5, 5.41) is 11.6. The second-order valence-electron chi connectivity index (χ2n) is 4.05. The van der Waals surface area contributed by atoms with E-state index in [1.54, 1.807) is 13.0 Å². The van der Waals surface area contributed by atoms with E-state index in [4.69, 9.17) is 5.73 Å². The van der Waals surface area contributed by atoms with Gasteiger partial charge >= 0.3 is 0 Å². The van der Waals surface area contributed by atoms with Crippen molar-refractivity contribution in [2.75, 3.05) is 24.8 Å². The highest BCUT2D eigenvalue weighted by atomic mass is 16.3. The molecule has 1 atom stereocenters. The van der Waals surface area contributed by atoms with Gasteiger partial charge < -0.3 is 15.8 Å². The predicted octanol–water partition coefficient (Wildman–Crippen LogP) is 0.869. The molecule has 1 aromatic carbocycles. The number of nitrogens with two attached hydrogens (primary N) is 1. The van der Waals surface area contributed by atoms with Crippen LogP contribution in [0.4, 0.5) is 5.69 Å². The lowest BCUT2D eigenvalue weighted by Crippen LogP contribution is -2.27. The standard InChI is InChI=1S/C11H16N4O/c1-7(16)11-13-9-6-8(12)4-5-10(9)15(11)14(2)3/h4-7,16H,12H2,1-3H3. The lowest BCUT2D eigenvalue weighted by molar-refractivity contribution is 0.184. The maximum atomic E-state index is 9.68. The maximum Gasteiger partial charge on any atom is 0.157 e. The minimum absolute atomic E-state index is 0.615. The van der Waals surface area contributed by atoms with Gasteiger partial charge in [-0.25, -0.2) is 9.66 Å². The van der Waals surface area contributed by atoms with Gasteiger partial charge in [0, 0.05) is 19.8 Å². The summed E-state index contributed by atoms with van der Waals surface area (Å²) in [4.78, 5) is 4.39. The highest BCUT2D eigenvalue weighted by Crippen LogP contribution is 2.22. The number of aliphatic hydroxyl groups excluding tert-OH is 1. The molecule has 0 aliphatic rings. The molecule has 2 aromatic rings. The Morgan fingerprint density at radius 2 is 2.12 bits per heavy atom. The van der Waals surface area contributed by atoms with Gasteiger partial charge in [0.25, 0.3) is 0 Å². The fraction of sp³-hybridized carbons (Fsp3) is 0.364. The molecule has 1 unspecified atom stereocenters. The van der Waals surface area contributed by atoms with Crippen molar-refractivity contribution in [2.45, 2.75) is 13.0 Å². The molecule has 0 bridgehead atoms. The molecule has 1 heterocycles. The van der Waals surface area contributed by atoms with Crippen molar-refractivity contribution >= 4 is 16.7 Å². The zero-order valence-electron chi connectivity index (χ0n) is 9.68. The van der Waals surface area contributed by atoms with E-state index in [1.807, 2.05) is 35.9 Å². The molecule has 0 aliphatic heterocycles. The summed E-state index contributed by atoms with van der Waals surface area (Å²) in [6, 6.07) is 5.54. The van der Waals surface area contributed by atoms with Crippen molar-refractivity contribution in [3.8, 4) is 0 Å². The van der Waals surface area contributed by atoms with E-state index in [0.29, 0.717) is 11.5 Å². The molecule has 86 valence electrons. The van der Waals surface area contributed by atoms with Crippen molar-refractivity contribution in [3.63, 3.8) is 0 Å². The molecule has 0 aliphatic carbocycles. The Labute approximate surface area is 94.1 Å². The monoisotopic (exact) mass is 220 g/mol. The molecule has 0 radical (unpaired) electrons. The summed E-state index contributed by atoms with van der Waals surface area (Å²) in [5.74, 6) is 0.616. The fourth-order valence-electron chi connectivity index (χ4n) is 1.79. The van der Waals surface area contributed by atoms with E-state index in [-0.39, 0.29) is 0 Å². The third-order valence-corrected chi connectivity index (χ3v) is 2.45. The summed E-state index contributed by atoms with van der Waals surface area (Å²) >= 11 is 0. The van der Waals surface area contributed by atoms with E-state index in [9.17, 15) is 5.11 Å². The molecule has 16 heavy (non-hydrogen) atoms. The average molecular weight is 220 g/mol. The average Bonchev–Trinajstić information content (AvgIpc) is 2.55. The Morgan fingerprint density at radius 1 is 1.44 bits per heavy atom. The van der Waals surface area contributed by atoms with Crippen LogP contribution in [0.2, 0.25) is 0 Å². The third-order valence-electron chi connectivity index (χ3n) is 2.45. The second-order valence-corrected chi connectivity index (χ2v) is 4.05. The highest BCUT2D eigenvalue weighted by molar-refractivity contribution is 5.80. The summed E-state index contributed by atoms with van der Waals surface area (Å²) < 4.78 is 1.87. The first kappa shape index (κ1) is 10.8. The first-order chi connectivity index (χ1) is 7.50. The summed E-state index contributed by atoms with van der Waals surface area (Å²) in [5.41, 5.74) is 8.12. The van der Waals surface area contributed by atoms with Crippen LogP contribution in [0, 0.1) is 0 Å². The zero-order chi connectivity index (χ0) is 11.9. The van der Waals surface area contributed by atoms with Crippen LogP contribution < -0.4 is 10.7 Å². The first-order valence-corrected chi connectivity index (χ1v) is 5.14. The van der Waals surface area contributed by atoms with Crippen LogP contribution in [-0.2, 0) is 0 Å². The highest BCUT2D eigenvalue weighted by Gasteiger charge is 2.15. The molecular formula is C11H16N4O. The number of fused-ring (bicyclic) bond motifs is 1. The third kappa shape index (κ3) is 1.59. The van der Waals surface area contributed by atoms with Crippen molar-refractivity contribution in [3.05, 3.63) is 24.0 Å². The molecule has 0 saturated carbocycles. The van der Waals surface area contributed by atoms with Gasteiger partial charge in [-0.1, -0.05) is 0 Å². The van der Waals surface area contributed by atoms with Gasteiger partial charge in [-0.05, 0) is 25.1 Å². The zero-order valence-corrected chi connectivity index (χ0v) is 9.68. The minimum Gasteiger partial charge on any atom is -0.399 e. The lowest BCUT2D eigenvalue weighted by Gasteiger charge is -2.19. The largest absolute Gasteiger partial charge is 0.399 e. The molecular weight excluding hydrogens is 204 g/mol. The number of hydrogen-bond donors (Lipinski definition) is 2. The van der Waals surface area contributed by atoms with Crippen LogP contribution >= 0.6 is 0 Å². The van der Waals surface area contributed by atoms with Crippen LogP contribution in [0.15, 0.2) is 18.2 Å². The Bertz CT molecular complexity index is 516. The van der Waals surface area contributed by atoms with Crippen molar-refractivity contribution in [1.82, 2.24) is 9.66 Å². The van der Waals surface area contributed by atoms with E-state index < -0.39 is 6.10 Å². The quantitative estimate of drug-likeness (QED) is 0.737. The molecule has 2 rings (SSSR count). The maximum absolute atomic E-state index is 9.68. The van der Waals surface area contributed by atoms with Gasteiger partial charge in [-0.15, -0.1) is 0 Å². The minimum atomic E-state index is -0.615. The van der Waals surface area contributed by atoms with Crippen LogP contribution in [0.1, 0.15) is 18.9 Å².